The van der Waals surface area contributed by atoms with E-state index in [9.17, 15) is 4.79 Å². The van der Waals surface area contributed by atoms with Gasteiger partial charge in [-0.25, -0.2) is 0 Å². The lowest BCUT2D eigenvalue weighted by Gasteiger charge is -1.96. The van der Waals surface area contributed by atoms with Crippen molar-refractivity contribution in [2.45, 2.75) is 0 Å². The first-order chi connectivity index (χ1) is 13.0. The highest BCUT2D eigenvalue weighted by Crippen LogP contribution is 2.10. The smallest absolute Gasteiger partial charge is 0.240 e. The molecule has 0 aliphatic rings. The molecule has 138 valence electrons. The molecule has 3 nitrogen and oxygen atoms in total. The van der Waals surface area contributed by atoms with Crippen LogP contribution in [-0.4, -0.2) is 5.91 Å². The Bertz CT molecular complexity index is 741. The highest BCUT2D eigenvalue weighted by Gasteiger charge is 1.89. The molecule has 0 radical (unpaired) electrons. The number of rotatable bonds is 4. The van der Waals surface area contributed by atoms with Crippen LogP contribution >= 0.6 is 0 Å². The number of carbonyl (C=O) groups is 1. The standard InChI is InChI=1S/C10H10.C8H8.C3H5NO.C3H3N/c1-3-9-7-5-6-8-10(9)4-2;1-2-8-6-4-3-5-7-8;1-2-3(4)5;1-2-3-4/h3-8H,1-2H2;2-7H,1H2;2H,1H2,(H2,4,5);2H,1H2. The summed E-state index contributed by atoms with van der Waals surface area (Å²) >= 11 is 0. The van der Waals surface area contributed by atoms with Crippen LogP contribution in [0, 0.1) is 11.3 Å². The maximum atomic E-state index is 9.47. The van der Waals surface area contributed by atoms with Crippen molar-refractivity contribution < 1.29 is 4.79 Å². The zero-order chi connectivity index (χ0) is 20.9. The minimum absolute atomic E-state index is 0.481. The van der Waals surface area contributed by atoms with Crippen LogP contribution in [-0.2, 0) is 4.79 Å². The molecule has 0 aliphatic heterocycles. The van der Waals surface area contributed by atoms with Gasteiger partial charge in [0.1, 0.15) is 0 Å². The summed E-state index contributed by atoms with van der Waals surface area (Å²) in [5.74, 6) is -0.481. The number of primary amides is 1. The molecule has 0 heterocycles. The first-order valence-corrected chi connectivity index (χ1v) is 7.94. The molecule has 2 aromatic carbocycles. The lowest BCUT2D eigenvalue weighted by Crippen LogP contribution is -2.04. The number of nitriles is 1. The second kappa shape index (κ2) is 18.4. The van der Waals surface area contributed by atoms with Crippen LogP contribution in [0.3, 0.4) is 0 Å². The highest BCUT2D eigenvalue weighted by atomic mass is 16.1. The third kappa shape index (κ3) is 15.4. The number of carbonyl (C=O) groups excluding carboxylic acids is 1. The van der Waals surface area contributed by atoms with E-state index in [0.717, 1.165) is 17.2 Å². The average Bonchev–Trinajstić information content (AvgIpc) is 2.75. The fourth-order valence-electron chi connectivity index (χ4n) is 1.47. The van der Waals surface area contributed by atoms with E-state index in [1.807, 2.05) is 72.8 Å². The average molecular weight is 358 g/mol. The summed E-state index contributed by atoms with van der Waals surface area (Å²) in [4.78, 5) is 9.47. The molecule has 0 unspecified atom stereocenters. The van der Waals surface area contributed by atoms with Gasteiger partial charge in [-0.1, -0.05) is 106 Å². The van der Waals surface area contributed by atoms with E-state index < -0.39 is 5.91 Å². The normalized spacial score (nSPS) is 7.52. The molecule has 0 saturated heterocycles. The lowest BCUT2D eigenvalue weighted by atomic mass is 10.1. The van der Waals surface area contributed by atoms with Gasteiger partial charge in [0.05, 0.1) is 6.07 Å². The predicted octanol–water partition coefficient (Wildman–Crippen LogP) is 5.66. The summed E-state index contributed by atoms with van der Waals surface area (Å²) < 4.78 is 0. The van der Waals surface area contributed by atoms with E-state index in [4.69, 9.17) is 5.26 Å². The Morgan fingerprint density at radius 1 is 0.815 bits per heavy atom. The molecule has 3 heteroatoms. The van der Waals surface area contributed by atoms with Gasteiger partial charge < -0.3 is 5.73 Å². The van der Waals surface area contributed by atoms with E-state index in [0.29, 0.717) is 0 Å². The molecule has 0 bridgehead atoms. The topological polar surface area (TPSA) is 66.9 Å². The van der Waals surface area contributed by atoms with Gasteiger partial charge in [0, 0.05) is 6.08 Å². The van der Waals surface area contributed by atoms with E-state index in [-0.39, 0.29) is 0 Å². The van der Waals surface area contributed by atoms with Crippen molar-refractivity contribution in [3.8, 4) is 6.07 Å². The number of nitrogens with zero attached hydrogens (tertiary/aromatic N) is 1. The second-order valence-corrected chi connectivity index (χ2v) is 4.59. The van der Waals surface area contributed by atoms with Crippen LogP contribution in [0.1, 0.15) is 16.7 Å². The molecule has 27 heavy (non-hydrogen) atoms. The Kier molecular flexibility index (Phi) is 17.3. The Morgan fingerprint density at radius 2 is 1.19 bits per heavy atom. The number of nitrogens with two attached hydrogens (primary N) is 1. The van der Waals surface area contributed by atoms with Gasteiger partial charge in [0.2, 0.25) is 5.91 Å². The predicted molar refractivity (Wildman–Crippen MR) is 118 cm³/mol. The van der Waals surface area contributed by atoms with E-state index in [2.05, 4.69) is 38.6 Å². The number of allylic oxidation sites excluding steroid dienone is 1. The van der Waals surface area contributed by atoms with Crippen LogP contribution in [0.5, 0.6) is 0 Å². The fourth-order valence-corrected chi connectivity index (χ4v) is 1.47. The molecule has 0 atom stereocenters. The maximum absolute atomic E-state index is 9.47. The van der Waals surface area contributed by atoms with Crippen molar-refractivity contribution >= 4 is 24.1 Å². The van der Waals surface area contributed by atoms with Crippen molar-refractivity contribution in [1.29, 1.82) is 5.26 Å². The van der Waals surface area contributed by atoms with Crippen LogP contribution in [0.2, 0.25) is 0 Å². The first kappa shape index (κ1) is 25.3. The van der Waals surface area contributed by atoms with E-state index in [1.54, 1.807) is 6.07 Å². The number of hydrogen-bond donors (Lipinski definition) is 1. The van der Waals surface area contributed by atoms with Gasteiger partial charge in [0.15, 0.2) is 0 Å². The molecule has 0 aromatic heterocycles. The molecular weight excluding hydrogens is 332 g/mol. The van der Waals surface area contributed by atoms with Gasteiger partial charge in [0.25, 0.3) is 0 Å². The quantitative estimate of drug-likeness (QED) is 0.566. The summed E-state index contributed by atoms with van der Waals surface area (Å²) in [6.07, 6.45) is 7.73. The highest BCUT2D eigenvalue weighted by molar-refractivity contribution is 5.84. The van der Waals surface area contributed by atoms with Gasteiger partial charge in [-0.2, -0.15) is 5.26 Å². The van der Waals surface area contributed by atoms with Gasteiger partial charge in [-0.3, -0.25) is 4.79 Å². The van der Waals surface area contributed by atoms with Gasteiger partial charge in [-0.05, 0) is 22.8 Å². The molecule has 0 fully saturated rings. The third-order valence-corrected chi connectivity index (χ3v) is 2.76. The second-order valence-electron chi connectivity index (χ2n) is 4.59. The molecule has 0 saturated carbocycles. The molecule has 2 rings (SSSR count). The minimum Gasteiger partial charge on any atom is -0.366 e. The molecule has 2 aromatic rings. The van der Waals surface area contributed by atoms with Crippen LogP contribution in [0.15, 0.2) is 99.6 Å². The molecule has 0 aliphatic carbocycles. The Labute approximate surface area is 162 Å². The van der Waals surface area contributed by atoms with Crippen molar-refractivity contribution in [1.82, 2.24) is 0 Å². The van der Waals surface area contributed by atoms with E-state index >= 15 is 0 Å². The summed E-state index contributed by atoms with van der Waals surface area (Å²) in [7, 11) is 0. The molecular formula is C24H26N2O. The third-order valence-electron chi connectivity index (χ3n) is 2.76. The molecule has 1 amide bonds. The molecule has 0 spiro atoms. The number of hydrogen-bond acceptors (Lipinski definition) is 2. The zero-order valence-electron chi connectivity index (χ0n) is 15.6. The number of benzene rings is 2. The Hall–Kier alpha value is -3.90. The van der Waals surface area contributed by atoms with Crippen LogP contribution < -0.4 is 5.73 Å². The summed E-state index contributed by atoms with van der Waals surface area (Å²) in [6.45, 7) is 17.2. The van der Waals surface area contributed by atoms with Crippen molar-refractivity contribution in [3.63, 3.8) is 0 Å². The largest absolute Gasteiger partial charge is 0.366 e. The zero-order valence-corrected chi connectivity index (χ0v) is 15.6. The van der Waals surface area contributed by atoms with Crippen LogP contribution in [0.4, 0.5) is 0 Å². The lowest BCUT2D eigenvalue weighted by molar-refractivity contribution is -0.113. The van der Waals surface area contributed by atoms with Crippen LogP contribution in [0.25, 0.3) is 18.2 Å². The summed E-state index contributed by atoms with van der Waals surface area (Å²) in [6, 6.07) is 19.7. The SMILES string of the molecule is C=CC#N.C=CC(N)=O.C=Cc1ccccc1.C=Cc1ccccc1C=C. The van der Waals surface area contributed by atoms with Crippen molar-refractivity contribution in [3.05, 3.63) is 116 Å². The number of amides is 1. The van der Waals surface area contributed by atoms with Gasteiger partial charge >= 0.3 is 0 Å². The minimum atomic E-state index is -0.481. The molecule has 2 N–H and O–H groups in total. The fraction of sp³-hybridized carbons (Fsp3) is 0. The van der Waals surface area contributed by atoms with Gasteiger partial charge in [-0.15, -0.1) is 0 Å². The van der Waals surface area contributed by atoms with Crippen molar-refractivity contribution in [2.75, 3.05) is 0 Å². The van der Waals surface area contributed by atoms with E-state index in [1.165, 1.54) is 11.6 Å². The van der Waals surface area contributed by atoms with Crippen molar-refractivity contribution in [2.24, 2.45) is 5.73 Å². The Morgan fingerprint density at radius 3 is 1.41 bits per heavy atom. The summed E-state index contributed by atoms with van der Waals surface area (Å²) in [5, 5.41) is 7.51. The first-order valence-electron chi connectivity index (χ1n) is 7.94. The Balaban J connectivity index is 0. The maximum Gasteiger partial charge on any atom is 0.240 e. The summed E-state index contributed by atoms with van der Waals surface area (Å²) in [5.41, 5.74) is 7.98. The monoisotopic (exact) mass is 358 g/mol.